The van der Waals surface area contributed by atoms with Gasteiger partial charge in [0.1, 0.15) is 0 Å². The second kappa shape index (κ2) is 9.03. The van der Waals surface area contributed by atoms with E-state index < -0.39 is 5.92 Å². The Hall–Kier alpha value is -5.10. The molecule has 0 amide bonds. The number of hydrogen-bond acceptors (Lipinski definition) is 4. The van der Waals surface area contributed by atoms with E-state index in [9.17, 15) is 0 Å². The summed E-state index contributed by atoms with van der Waals surface area (Å²) in [5.41, 5.74) is 5.06. The van der Waals surface area contributed by atoms with Crippen LogP contribution >= 0.6 is 0 Å². The maximum atomic E-state index is 15.5. The Kier molecular flexibility index (Phi) is 5.33. The van der Waals surface area contributed by atoms with Gasteiger partial charge in [0.2, 0.25) is 0 Å². The number of fused-ring (bicyclic) bond motifs is 3. The van der Waals surface area contributed by atoms with E-state index in [2.05, 4.69) is 4.98 Å². The molecule has 0 spiro atoms. The summed E-state index contributed by atoms with van der Waals surface area (Å²) in [6.07, 6.45) is 3.39. The minimum atomic E-state index is -3.09. The summed E-state index contributed by atoms with van der Waals surface area (Å²) >= 11 is 0. The monoisotopic (exact) mass is 510 g/mol. The van der Waals surface area contributed by atoms with Crippen molar-refractivity contribution in [1.82, 2.24) is 19.9 Å². The van der Waals surface area contributed by atoms with Crippen molar-refractivity contribution in [3.05, 3.63) is 133 Å². The van der Waals surface area contributed by atoms with E-state index in [-0.39, 0.29) is 11.1 Å². The number of benzene rings is 4. The summed E-state index contributed by atoms with van der Waals surface area (Å²) in [5, 5.41) is 0. The Bertz CT molecular complexity index is 1760. The third kappa shape index (κ3) is 3.97. The summed E-state index contributed by atoms with van der Waals surface area (Å²) in [6, 6.07) is 33.1. The van der Waals surface area contributed by atoms with E-state index in [0.29, 0.717) is 34.2 Å². The highest BCUT2D eigenvalue weighted by atomic mass is 19.3. The zero-order valence-corrected chi connectivity index (χ0v) is 20.6. The Balaban J connectivity index is 1.40. The Morgan fingerprint density at radius 3 is 1.44 bits per heavy atom. The van der Waals surface area contributed by atoms with Crippen LogP contribution in [-0.4, -0.2) is 19.9 Å². The number of aromatic nitrogens is 4. The lowest BCUT2D eigenvalue weighted by Crippen LogP contribution is -2.10. The van der Waals surface area contributed by atoms with Gasteiger partial charge in [0.05, 0.1) is 0 Å². The van der Waals surface area contributed by atoms with Gasteiger partial charge in [-0.05, 0) is 46.5 Å². The van der Waals surface area contributed by atoms with Crippen LogP contribution in [0.4, 0.5) is 8.78 Å². The summed E-state index contributed by atoms with van der Waals surface area (Å²) in [7, 11) is 0. The molecular weight excluding hydrogens is 490 g/mol. The van der Waals surface area contributed by atoms with Crippen molar-refractivity contribution in [3.8, 4) is 56.4 Å². The average Bonchev–Trinajstić information content (AvgIpc) is 3.23. The summed E-state index contributed by atoms with van der Waals surface area (Å²) < 4.78 is 31.0. The van der Waals surface area contributed by atoms with E-state index in [1.165, 1.54) is 12.1 Å². The smallest absolute Gasteiger partial charge is 0.265 e. The summed E-state index contributed by atoms with van der Waals surface area (Å²) in [5.74, 6) is -1.63. The van der Waals surface area contributed by atoms with Gasteiger partial charge in [-0.2, -0.15) is 8.78 Å². The first-order chi connectivity index (χ1) is 19.1. The number of halogens is 2. The normalized spacial score (nSPS) is 13.1. The van der Waals surface area contributed by atoms with Crippen LogP contribution in [0.2, 0.25) is 0 Å². The molecule has 6 heteroatoms. The van der Waals surface area contributed by atoms with Crippen LogP contribution in [0.15, 0.2) is 122 Å². The van der Waals surface area contributed by atoms with Crippen LogP contribution in [0.5, 0.6) is 0 Å². The SMILES string of the molecule is FC1(F)c2ccc(-c3ccncc3)cc2-c2cc(-c3nc(-c4ccccc4)nc(-c4ccccc4)n3)ccc21. The van der Waals surface area contributed by atoms with Gasteiger partial charge in [-0.15, -0.1) is 0 Å². The Morgan fingerprint density at radius 1 is 0.436 bits per heavy atom. The van der Waals surface area contributed by atoms with Crippen molar-refractivity contribution in [2.75, 3.05) is 0 Å². The fourth-order valence-electron chi connectivity index (χ4n) is 5.03. The van der Waals surface area contributed by atoms with Crippen LogP contribution in [0.25, 0.3) is 56.4 Å². The molecule has 0 N–H and O–H groups in total. The molecule has 0 fully saturated rings. The first-order valence-electron chi connectivity index (χ1n) is 12.5. The highest BCUT2D eigenvalue weighted by Gasteiger charge is 2.44. The molecule has 2 heterocycles. The molecule has 0 unspecified atom stereocenters. The van der Waals surface area contributed by atoms with Gasteiger partial charge in [-0.1, -0.05) is 84.9 Å². The predicted molar refractivity (Wildman–Crippen MR) is 148 cm³/mol. The van der Waals surface area contributed by atoms with Gasteiger partial charge in [0.25, 0.3) is 5.92 Å². The molecule has 39 heavy (non-hydrogen) atoms. The number of hydrogen-bond donors (Lipinski definition) is 0. The summed E-state index contributed by atoms with van der Waals surface area (Å²) in [4.78, 5) is 18.3. The lowest BCUT2D eigenvalue weighted by Gasteiger charge is -2.13. The zero-order valence-electron chi connectivity index (χ0n) is 20.6. The number of pyridine rings is 1. The molecule has 0 aliphatic heterocycles. The minimum Gasteiger partial charge on any atom is -0.265 e. The van der Waals surface area contributed by atoms with Crippen LogP contribution in [0.1, 0.15) is 11.1 Å². The maximum Gasteiger partial charge on any atom is 0.299 e. The van der Waals surface area contributed by atoms with E-state index in [4.69, 9.17) is 15.0 Å². The quantitative estimate of drug-likeness (QED) is 0.241. The van der Waals surface area contributed by atoms with Gasteiger partial charge < -0.3 is 0 Å². The molecule has 0 saturated heterocycles. The van der Waals surface area contributed by atoms with Crippen LogP contribution < -0.4 is 0 Å². The Labute approximate surface area is 223 Å². The third-order valence-corrected chi connectivity index (χ3v) is 6.98. The molecule has 6 aromatic rings. The lowest BCUT2D eigenvalue weighted by atomic mass is 9.98. The molecule has 4 aromatic carbocycles. The van der Waals surface area contributed by atoms with E-state index in [1.807, 2.05) is 78.9 Å². The predicted octanol–water partition coefficient (Wildman–Crippen LogP) is 8.06. The molecule has 7 rings (SSSR count). The first kappa shape index (κ1) is 23.0. The van der Waals surface area contributed by atoms with Crippen LogP contribution in [0.3, 0.4) is 0 Å². The van der Waals surface area contributed by atoms with Crippen molar-refractivity contribution in [2.45, 2.75) is 5.92 Å². The highest BCUT2D eigenvalue weighted by Crippen LogP contribution is 2.52. The molecule has 186 valence electrons. The fourth-order valence-corrected chi connectivity index (χ4v) is 5.03. The highest BCUT2D eigenvalue weighted by molar-refractivity contribution is 5.86. The Morgan fingerprint density at radius 2 is 0.897 bits per heavy atom. The third-order valence-electron chi connectivity index (χ3n) is 6.98. The average molecular weight is 511 g/mol. The molecule has 0 bridgehead atoms. The molecule has 2 aromatic heterocycles. The van der Waals surface area contributed by atoms with Gasteiger partial charge >= 0.3 is 0 Å². The van der Waals surface area contributed by atoms with Crippen molar-refractivity contribution in [3.63, 3.8) is 0 Å². The van der Waals surface area contributed by atoms with Crippen LogP contribution in [0, 0.1) is 0 Å². The van der Waals surface area contributed by atoms with Crippen molar-refractivity contribution in [1.29, 1.82) is 0 Å². The van der Waals surface area contributed by atoms with E-state index in [0.717, 1.165) is 22.3 Å². The van der Waals surface area contributed by atoms with Gasteiger partial charge in [0, 0.05) is 40.2 Å². The number of alkyl halides is 2. The molecule has 0 saturated carbocycles. The molecule has 4 nitrogen and oxygen atoms in total. The van der Waals surface area contributed by atoms with Gasteiger partial charge in [0.15, 0.2) is 17.5 Å². The van der Waals surface area contributed by atoms with Crippen LogP contribution in [-0.2, 0) is 5.92 Å². The standard InChI is InChI=1S/C33H20F2N4/c34-33(35)28-13-11-24(21-15-17-36-18-16-21)19-26(28)27-20-25(12-14-29(27)33)32-38-30(22-7-3-1-4-8-22)37-31(39-32)23-9-5-2-6-10-23/h1-20H. The largest absolute Gasteiger partial charge is 0.299 e. The first-order valence-corrected chi connectivity index (χ1v) is 12.5. The lowest BCUT2D eigenvalue weighted by molar-refractivity contribution is 0.0480. The fraction of sp³-hybridized carbons (Fsp3) is 0.0303. The molecular formula is C33H20F2N4. The zero-order chi connectivity index (χ0) is 26.4. The maximum absolute atomic E-state index is 15.5. The van der Waals surface area contributed by atoms with E-state index >= 15 is 8.78 Å². The van der Waals surface area contributed by atoms with Gasteiger partial charge in [-0.3, -0.25) is 4.98 Å². The molecule has 1 aliphatic rings. The molecule has 0 radical (unpaired) electrons. The topological polar surface area (TPSA) is 51.6 Å². The van der Waals surface area contributed by atoms with Crippen molar-refractivity contribution in [2.24, 2.45) is 0 Å². The number of nitrogens with zero attached hydrogens (tertiary/aromatic N) is 4. The number of rotatable bonds is 4. The summed E-state index contributed by atoms with van der Waals surface area (Å²) in [6.45, 7) is 0. The molecule has 0 atom stereocenters. The van der Waals surface area contributed by atoms with E-state index in [1.54, 1.807) is 30.6 Å². The van der Waals surface area contributed by atoms with Gasteiger partial charge in [-0.25, -0.2) is 15.0 Å². The second-order valence-corrected chi connectivity index (χ2v) is 9.37. The van der Waals surface area contributed by atoms with Crippen molar-refractivity contribution >= 4 is 0 Å². The molecule has 1 aliphatic carbocycles. The minimum absolute atomic E-state index is 0.00180. The van der Waals surface area contributed by atoms with Crippen molar-refractivity contribution < 1.29 is 8.78 Å². The second-order valence-electron chi connectivity index (χ2n) is 9.37.